The van der Waals surface area contributed by atoms with Gasteiger partial charge in [-0.25, -0.2) is 4.57 Å². The van der Waals surface area contributed by atoms with Gasteiger partial charge in [-0.05, 0) is 89.9 Å². The predicted octanol–water partition coefficient (Wildman–Crippen LogP) is 19.0. The molecule has 0 radical (unpaired) electrons. The Morgan fingerprint density at radius 2 is 0.824 bits per heavy atom. The minimum absolute atomic E-state index is 0.0496. The molecule has 0 fully saturated rings. The molecule has 0 saturated heterocycles. The van der Waals surface area contributed by atoms with Crippen molar-refractivity contribution in [3.8, 4) is 0 Å². The van der Waals surface area contributed by atoms with Crippen molar-refractivity contribution >= 4 is 13.7 Å². The van der Waals surface area contributed by atoms with E-state index in [9.17, 15) is 19.4 Å². The van der Waals surface area contributed by atoms with E-state index in [1.807, 2.05) is 27.2 Å². The standard InChI is InChI=1S/C65H117N2O6P/c1-6-8-10-12-14-16-18-20-22-24-26-28-30-31-32-33-34-35-37-39-41-43-45-47-49-51-53-55-57-59-65(69)66-63(62-73-74(70,71)72-61-60-67(3,4)5)64(68)58-56-54-52-50-48-46-44-42-40-38-36-29-27-25-23-21-19-17-15-13-11-9-7-2/h8,10,14,16,20,22,26,28,31-32,40,42,48,50,56,58,63-64,68H,6-7,9,11-13,15,17-19,21,23-25,27,29-30,33-39,41,43-47,49,51-55,57,59-62H2,1-5H3,(H-,66,69,70,71)/p+1/b10-8-,16-14-,22-20-,28-26-,32-31-,42-40+,50-48+,58-56+. The van der Waals surface area contributed by atoms with Crippen molar-refractivity contribution < 1.29 is 32.9 Å². The lowest BCUT2D eigenvalue weighted by Crippen LogP contribution is -2.45. The van der Waals surface area contributed by atoms with Crippen LogP contribution in [-0.2, 0) is 18.4 Å². The van der Waals surface area contributed by atoms with Crippen LogP contribution in [0.1, 0.15) is 258 Å². The Balaban J connectivity index is 4.24. The number of nitrogens with zero attached hydrogens (tertiary/aromatic N) is 1. The number of likely N-dealkylation sites (N-methyl/N-ethyl adjacent to an activating group) is 1. The van der Waals surface area contributed by atoms with E-state index < -0.39 is 20.0 Å². The van der Waals surface area contributed by atoms with Crippen molar-refractivity contribution in [2.45, 2.75) is 270 Å². The second-order valence-electron chi connectivity index (χ2n) is 21.7. The van der Waals surface area contributed by atoms with Crippen molar-refractivity contribution in [2.75, 3.05) is 40.9 Å². The van der Waals surface area contributed by atoms with Crippen LogP contribution in [0.2, 0.25) is 0 Å². The number of rotatable bonds is 55. The lowest BCUT2D eigenvalue weighted by Gasteiger charge is -2.25. The summed E-state index contributed by atoms with van der Waals surface area (Å²) < 4.78 is 23.7. The smallest absolute Gasteiger partial charge is 0.387 e. The van der Waals surface area contributed by atoms with E-state index in [0.717, 1.165) is 77.0 Å². The summed E-state index contributed by atoms with van der Waals surface area (Å²) in [7, 11) is 1.54. The maximum Gasteiger partial charge on any atom is 0.472 e. The molecule has 1 amide bonds. The molecule has 0 aliphatic heterocycles. The first-order chi connectivity index (χ1) is 36.0. The molecule has 0 saturated carbocycles. The Morgan fingerprint density at radius 1 is 0.473 bits per heavy atom. The van der Waals surface area contributed by atoms with E-state index in [2.05, 4.69) is 104 Å². The topological polar surface area (TPSA) is 105 Å². The van der Waals surface area contributed by atoms with Gasteiger partial charge in [0.25, 0.3) is 0 Å². The molecule has 3 unspecified atom stereocenters. The van der Waals surface area contributed by atoms with Crippen LogP contribution in [0.15, 0.2) is 97.2 Å². The number of aliphatic hydroxyl groups is 1. The first kappa shape index (κ1) is 71.4. The molecule has 74 heavy (non-hydrogen) atoms. The van der Waals surface area contributed by atoms with Crippen molar-refractivity contribution in [1.82, 2.24) is 5.32 Å². The summed E-state index contributed by atoms with van der Waals surface area (Å²) in [5.41, 5.74) is 0. The van der Waals surface area contributed by atoms with E-state index in [0.29, 0.717) is 17.4 Å². The lowest BCUT2D eigenvalue weighted by molar-refractivity contribution is -0.870. The summed E-state index contributed by atoms with van der Waals surface area (Å²) in [4.78, 5) is 23.3. The molecule has 8 nitrogen and oxygen atoms in total. The van der Waals surface area contributed by atoms with Crippen LogP contribution in [0, 0.1) is 0 Å². The Hall–Kier alpha value is -2.58. The summed E-state index contributed by atoms with van der Waals surface area (Å²) in [5, 5.41) is 13.9. The predicted molar refractivity (Wildman–Crippen MR) is 322 cm³/mol. The molecule has 9 heteroatoms. The Labute approximate surface area is 458 Å². The van der Waals surface area contributed by atoms with Gasteiger partial charge in [-0.3, -0.25) is 13.8 Å². The summed E-state index contributed by atoms with van der Waals surface area (Å²) in [6, 6.07) is -0.877. The summed E-state index contributed by atoms with van der Waals surface area (Å²) in [6.07, 6.45) is 79.5. The summed E-state index contributed by atoms with van der Waals surface area (Å²) >= 11 is 0. The van der Waals surface area contributed by atoms with Crippen LogP contribution in [0.4, 0.5) is 0 Å². The van der Waals surface area contributed by atoms with Gasteiger partial charge in [0.1, 0.15) is 13.2 Å². The zero-order chi connectivity index (χ0) is 54.2. The molecule has 3 atom stereocenters. The number of hydrogen-bond donors (Lipinski definition) is 3. The fourth-order valence-corrected chi connectivity index (χ4v) is 9.25. The Bertz CT molecular complexity index is 1520. The number of aliphatic hydroxyl groups excluding tert-OH is 1. The third-order valence-corrected chi connectivity index (χ3v) is 14.2. The SMILES string of the molecule is CC/C=C\C/C=C\C/C=C\C/C=C\C/C=C\CCCCCCCCCCCCCCCC(=O)NC(COP(=O)(O)OCC[N+](C)(C)C)C(O)/C=C/CC/C=C/CC/C=C/CCCCCCCCCCCCCCC. The van der Waals surface area contributed by atoms with Crippen LogP contribution in [-0.4, -0.2) is 73.4 Å². The highest BCUT2D eigenvalue weighted by Gasteiger charge is 2.27. The maximum absolute atomic E-state index is 13.0. The number of carbonyl (C=O) groups is 1. The summed E-state index contributed by atoms with van der Waals surface area (Å²) in [6.45, 7) is 4.68. The molecule has 0 spiro atoms. The average molecular weight is 1050 g/mol. The number of phosphoric ester groups is 1. The van der Waals surface area contributed by atoms with Gasteiger partial charge in [0, 0.05) is 6.42 Å². The van der Waals surface area contributed by atoms with Crippen LogP contribution < -0.4 is 5.32 Å². The average Bonchev–Trinajstić information content (AvgIpc) is 3.36. The minimum Gasteiger partial charge on any atom is -0.387 e. The van der Waals surface area contributed by atoms with Gasteiger partial charge in [0.05, 0.1) is 39.9 Å². The molecule has 0 rings (SSSR count). The number of quaternary nitrogens is 1. The molecular formula is C65H118N2O6P+. The lowest BCUT2D eigenvalue weighted by atomic mass is 10.0. The second kappa shape index (κ2) is 55.2. The van der Waals surface area contributed by atoms with Crippen LogP contribution in [0.5, 0.6) is 0 Å². The van der Waals surface area contributed by atoms with Crippen LogP contribution in [0.25, 0.3) is 0 Å². The van der Waals surface area contributed by atoms with Crippen molar-refractivity contribution in [2.24, 2.45) is 0 Å². The van der Waals surface area contributed by atoms with Gasteiger partial charge in [0.2, 0.25) is 5.91 Å². The molecule has 0 aromatic rings. The van der Waals surface area contributed by atoms with Gasteiger partial charge < -0.3 is 19.8 Å². The minimum atomic E-state index is -4.37. The number of amides is 1. The first-order valence-corrected chi connectivity index (χ1v) is 32.1. The van der Waals surface area contributed by atoms with Crippen molar-refractivity contribution in [3.05, 3.63) is 97.2 Å². The van der Waals surface area contributed by atoms with Crippen molar-refractivity contribution in [1.29, 1.82) is 0 Å². The normalized spacial score (nSPS) is 14.5. The molecule has 0 heterocycles. The third kappa shape index (κ3) is 57.1. The molecule has 0 bridgehead atoms. The van der Waals surface area contributed by atoms with E-state index in [-0.39, 0.29) is 19.1 Å². The zero-order valence-corrected chi connectivity index (χ0v) is 49.7. The van der Waals surface area contributed by atoms with Gasteiger partial charge in [0.15, 0.2) is 0 Å². The van der Waals surface area contributed by atoms with E-state index in [1.165, 1.54) is 161 Å². The van der Waals surface area contributed by atoms with Crippen LogP contribution >= 0.6 is 7.82 Å². The Kier molecular flexibility index (Phi) is 53.3. The molecule has 428 valence electrons. The fourth-order valence-electron chi connectivity index (χ4n) is 8.51. The number of unbranched alkanes of at least 4 members (excludes halogenated alkanes) is 28. The van der Waals surface area contributed by atoms with E-state index in [1.54, 1.807) is 6.08 Å². The monoisotopic (exact) mass is 1050 g/mol. The van der Waals surface area contributed by atoms with Gasteiger partial charge in [-0.1, -0.05) is 259 Å². The molecule has 0 aliphatic carbocycles. The molecule has 0 aromatic heterocycles. The highest BCUT2D eigenvalue weighted by atomic mass is 31.2. The van der Waals surface area contributed by atoms with Crippen LogP contribution in [0.3, 0.4) is 0 Å². The highest BCUT2D eigenvalue weighted by Crippen LogP contribution is 2.43. The number of allylic oxidation sites excluding steroid dienone is 15. The first-order valence-electron chi connectivity index (χ1n) is 30.6. The molecular weight excluding hydrogens is 936 g/mol. The molecule has 0 aliphatic rings. The number of phosphoric acid groups is 1. The van der Waals surface area contributed by atoms with Crippen molar-refractivity contribution in [3.63, 3.8) is 0 Å². The largest absolute Gasteiger partial charge is 0.472 e. The quantitative estimate of drug-likeness (QED) is 0.0243. The zero-order valence-electron chi connectivity index (χ0n) is 48.8. The maximum atomic E-state index is 13.0. The van der Waals surface area contributed by atoms with Gasteiger partial charge >= 0.3 is 7.82 Å². The van der Waals surface area contributed by atoms with E-state index in [4.69, 9.17) is 9.05 Å². The molecule has 0 aromatic carbocycles. The summed E-state index contributed by atoms with van der Waals surface area (Å²) in [5.74, 6) is -0.194. The second-order valence-corrected chi connectivity index (χ2v) is 23.1. The molecule has 3 N–H and O–H groups in total. The number of nitrogens with one attached hydrogen (secondary N) is 1. The highest BCUT2D eigenvalue weighted by molar-refractivity contribution is 7.47. The number of hydrogen-bond acceptors (Lipinski definition) is 5. The third-order valence-electron chi connectivity index (χ3n) is 13.3. The van der Waals surface area contributed by atoms with Gasteiger partial charge in [-0.15, -0.1) is 0 Å². The van der Waals surface area contributed by atoms with Gasteiger partial charge in [-0.2, -0.15) is 0 Å². The Morgan fingerprint density at radius 3 is 1.24 bits per heavy atom. The van der Waals surface area contributed by atoms with E-state index >= 15 is 0 Å². The number of carbonyl (C=O) groups excluding carboxylic acids is 1. The fraction of sp³-hybridized carbons (Fsp3) is 0.738.